The van der Waals surface area contributed by atoms with Gasteiger partial charge in [-0.3, -0.25) is 0 Å². The van der Waals surface area contributed by atoms with E-state index < -0.39 is 6.10 Å². The summed E-state index contributed by atoms with van der Waals surface area (Å²) in [6, 6.07) is 14.3. The highest BCUT2D eigenvalue weighted by Gasteiger charge is 2.14. The third-order valence-electron chi connectivity index (χ3n) is 4.23. The first kappa shape index (κ1) is 21.4. The summed E-state index contributed by atoms with van der Waals surface area (Å²) in [6.07, 6.45) is 5.51. The summed E-state index contributed by atoms with van der Waals surface area (Å²) in [6.45, 7) is 3.70. The topological polar surface area (TPSA) is 43.1 Å². The Morgan fingerprint density at radius 3 is 2.52 bits per heavy atom. The molecule has 0 fully saturated rings. The number of hydrogen-bond acceptors (Lipinski definition) is 4. The minimum Gasteiger partial charge on any atom is -0.493 e. The van der Waals surface area contributed by atoms with Gasteiger partial charge >= 0.3 is 0 Å². The zero-order valence-electron chi connectivity index (χ0n) is 16.6. The highest BCUT2D eigenvalue weighted by atomic mass is 32.2. The summed E-state index contributed by atoms with van der Waals surface area (Å²) in [7, 11) is 3.70. The first-order valence-corrected chi connectivity index (χ1v) is 10.3. The number of likely N-dealkylation sites (N-methyl/N-ethyl adjacent to an activating group) is 1. The van der Waals surface area contributed by atoms with Crippen molar-refractivity contribution in [2.75, 3.05) is 33.6 Å². The maximum absolute atomic E-state index is 10.3. The van der Waals surface area contributed by atoms with E-state index in [0.717, 1.165) is 12.1 Å². The summed E-state index contributed by atoms with van der Waals surface area (Å²) in [4.78, 5) is 2.50. The van der Waals surface area contributed by atoms with Crippen LogP contribution in [0, 0.1) is 0 Å². The summed E-state index contributed by atoms with van der Waals surface area (Å²) in [5, 5.41) is 10.3. The van der Waals surface area contributed by atoms with Crippen molar-refractivity contribution >= 4 is 17.8 Å². The van der Waals surface area contributed by atoms with Crippen LogP contribution >= 0.6 is 11.8 Å². The van der Waals surface area contributed by atoms with Gasteiger partial charge in [-0.25, -0.2) is 0 Å². The summed E-state index contributed by atoms with van der Waals surface area (Å²) in [5.74, 6) is 1.32. The number of aliphatic hydroxyl groups excluding tert-OH is 1. The molecule has 0 aliphatic heterocycles. The molecule has 2 N–H and O–H groups in total. The molecular formula is C22H30NO3S+. The van der Waals surface area contributed by atoms with Crippen molar-refractivity contribution in [2.45, 2.75) is 24.5 Å². The summed E-state index contributed by atoms with van der Waals surface area (Å²) < 4.78 is 11.2. The second-order valence-electron chi connectivity index (χ2n) is 6.56. The van der Waals surface area contributed by atoms with Gasteiger partial charge in [-0.1, -0.05) is 30.4 Å². The largest absolute Gasteiger partial charge is 0.493 e. The number of quaternary nitrogens is 1. The molecule has 1 unspecified atom stereocenters. The van der Waals surface area contributed by atoms with Gasteiger partial charge in [0.15, 0.2) is 11.5 Å². The highest BCUT2D eigenvalue weighted by Crippen LogP contribution is 2.28. The van der Waals surface area contributed by atoms with E-state index in [4.69, 9.17) is 9.47 Å². The van der Waals surface area contributed by atoms with Crippen molar-refractivity contribution in [3.05, 3.63) is 59.7 Å². The Morgan fingerprint density at radius 1 is 1.15 bits per heavy atom. The number of methoxy groups -OCH3 is 1. The molecule has 4 nitrogen and oxygen atoms in total. The fourth-order valence-electron chi connectivity index (χ4n) is 2.91. The number of thioether (sulfide) groups is 1. The third kappa shape index (κ3) is 6.94. The molecule has 2 atom stereocenters. The van der Waals surface area contributed by atoms with Crippen LogP contribution in [0.4, 0.5) is 0 Å². The molecule has 27 heavy (non-hydrogen) atoms. The van der Waals surface area contributed by atoms with Gasteiger partial charge < -0.3 is 19.5 Å². The van der Waals surface area contributed by atoms with Gasteiger partial charge in [-0.2, -0.15) is 0 Å². The number of hydrogen-bond donors (Lipinski definition) is 2. The van der Waals surface area contributed by atoms with Gasteiger partial charge in [0, 0.05) is 10.5 Å². The smallest absolute Gasteiger partial charge is 0.161 e. The van der Waals surface area contributed by atoms with Gasteiger partial charge in [0.1, 0.15) is 25.8 Å². The minimum atomic E-state index is -0.546. The minimum absolute atomic E-state index is 0.238. The average molecular weight is 389 g/mol. The Balaban J connectivity index is 1.85. The zero-order chi connectivity index (χ0) is 19.6. The van der Waals surface area contributed by atoms with E-state index in [1.165, 1.54) is 15.4 Å². The molecule has 146 valence electrons. The van der Waals surface area contributed by atoms with Crippen LogP contribution in [0.2, 0.25) is 0 Å². The van der Waals surface area contributed by atoms with Crippen molar-refractivity contribution in [2.24, 2.45) is 0 Å². The van der Waals surface area contributed by atoms with Crippen molar-refractivity contribution in [1.29, 1.82) is 0 Å². The lowest BCUT2D eigenvalue weighted by Gasteiger charge is -2.19. The predicted molar refractivity (Wildman–Crippen MR) is 113 cm³/mol. The van der Waals surface area contributed by atoms with E-state index in [1.807, 2.05) is 37.3 Å². The van der Waals surface area contributed by atoms with E-state index in [1.54, 1.807) is 18.9 Å². The molecule has 2 aromatic rings. The second kappa shape index (κ2) is 11.0. The van der Waals surface area contributed by atoms with Crippen molar-refractivity contribution in [3.8, 4) is 11.5 Å². The Bertz CT molecular complexity index is 731. The molecule has 0 heterocycles. The first-order chi connectivity index (χ1) is 13.0. The lowest BCUT2D eigenvalue weighted by molar-refractivity contribution is -0.897. The van der Waals surface area contributed by atoms with Crippen LogP contribution in [0.1, 0.15) is 18.1 Å². The van der Waals surface area contributed by atoms with Gasteiger partial charge in [0.05, 0.1) is 14.2 Å². The van der Waals surface area contributed by atoms with E-state index in [0.29, 0.717) is 18.0 Å². The van der Waals surface area contributed by atoms with E-state index in [2.05, 4.69) is 37.6 Å². The molecule has 5 heteroatoms. The zero-order valence-corrected chi connectivity index (χ0v) is 17.4. The number of aliphatic hydroxyl groups is 1. The normalized spacial score (nSPS) is 13.5. The Morgan fingerprint density at radius 2 is 1.89 bits per heavy atom. The molecular weight excluding hydrogens is 358 g/mol. The Hall–Kier alpha value is -1.95. The predicted octanol–water partition coefficient (Wildman–Crippen LogP) is 2.90. The number of benzene rings is 2. The van der Waals surface area contributed by atoms with Crippen LogP contribution in [0.25, 0.3) is 6.08 Å². The van der Waals surface area contributed by atoms with Crippen LogP contribution in [0.5, 0.6) is 11.5 Å². The van der Waals surface area contributed by atoms with E-state index in [-0.39, 0.29) is 6.61 Å². The van der Waals surface area contributed by atoms with Crippen LogP contribution < -0.4 is 14.4 Å². The molecule has 0 amide bonds. The molecule has 0 radical (unpaired) electrons. The number of rotatable bonds is 10. The number of ether oxygens (including phenoxy) is 2. The third-order valence-corrected chi connectivity index (χ3v) is 4.97. The lowest BCUT2D eigenvalue weighted by atomic mass is 10.2. The van der Waals surface area contributed by atoms with Crippen molar-refractivity contribution in [3.63, 3.8) is 0 Å². The highest BCUT2D eigenvalue weighted by molar-refractivity contribution is 7.98. The molecule has 2 rings (SSSR count). The lowest BCUT2D eigenvalue weighted by Crippen LogP contribution is -3.09. The monoisotopic (exact) mass is 388 g/mol. The Labute approximate surface area is 166 Å². The molecule has 2 aromatic carbocycles. The Kier molecular flexibility index (Phi) is 8.72. The van der Waals surface area contributed by atoms with Crippen molar-refractivity contribution < 1.29 is 19.5 Å². The first-order valence-electron chi connectivity index (χ1n) is 9.11. The van der Waals surface area contributed by atoms with E-state index >= 15 is 0 Å². The van der Waals surface area contributed by atoms with Crippen LogP contribution in [0.3, 0.4) is 0 Å². The van der Waals surface area contributed by atoms with Crippen LogP contribution in [-0.4, -0.2) is 44.8 Å². The fourth-order valence-corrected chi connectivity index (χ4v) is 3.32. The van der Waals surface area contributed by atoms with Gasteiger partial charge in [-0.15, -0.1) is 11.8 Å². The quantitative estimate of drug-likeness (QED) is 0.614. The van der Waals surface area contributed by atoms with Gasteiger partial charge in [-0.05, 0) is 43.0 Å². The van der Waals surface area contributed by atoms with Gasteiger partial charge in [0.2, 0.25) is 0 Å². The SMILES string of the molecule is C/C=C/c1ccc(OC[C@@H](O)C[NH+](C)Cc2ccc(SC)cc2)c(OC)c1. The van der Waals surface area contributed by atoms with Crippen LogP contribution in [-0.2, 0) is 6.54 Å². The second-order valence-corrected chi connectivity index (χ2v) is 7.44. The summed E-state index contributed by atoms with van der Waals surface area (Å²) >= 11 is 1.74. The number of allylic oxidation sites excluding steroid dienone is 1. The standard InChI is InChI=1S/C22H29NO3S/c1-5-6-17-9-12-21(22(13-17)25-3)26-16-19(24)15-23(2)14-18-7-10-20(27-4)11-8-18/h5-13,19,24H,14-16H2,1-4H3/p+1/b6-5+/t19-/m0/s1. The van der Waals surface area contributed by atoms with Crippen LogP contribution in [0.15, 0.2) is 53.4 Å². The molecule has 0 bridgehead atoms. The maximum atomic E-state index is 10.3. The molecule has 0 saturated carbocycles. The molecule has 0 aliphatic carbocycles. The molecule has 0 aromatic heterocycles. The fraction of sp³-hybridized carbons (Fsp3) is 0.364. The molecule has 0 spiro atoms. The summed E-state index contributed by atoms with van der Waals surface area (Å²) in [5.41, 5.74) is 2.32. The number of nitrogens with one attached hydrogen (secondary N) is 1. The van der Waals surface area contributed by atoms with E-state index in [9.17, 15) is 5.11 Å². The average Bonchev–Trinajstić information content (AvgIpc) is 2.67. The molecule has 0 aliphatic rings. The maximum Gasteiger partial charge on any atom is 0.161 e. The van der Waals surface area contributed by atoms with Gasteiger partial charge in [0.25, 0.3) is 0 Å². The van der Waals surface area contributed by atoms with Crippen molar-refractivity contribution in [1.82, 2.24) is 0 Å². The molecule has 0 saturated heterocycles.